The van der Waals surface area contributed by atoms with Crippen LogP contribution in [0.2, 0.25) is 0 Å². The molecule has 2 atom stereocenters. The molecule has 0 radical (unpaired) electrons. The molecule has 1 saturated carbocycles. The van der Waals surface area contributed by atoms with Gasteiger partial charge in [0.2, 0.25) is 0 Å². The Morgan fingerprint density at radius 1 is 1.31 bits per heavy atom. The van der Waals surface area contributed by atoms with Gasteiger partial charge in [-0.2, -0.15) is 5.48 Å². The van der Waals surface area contributed by atoms with Crippen LogP contribution in [0.4, 0.5) is 0 Å². The molecule has 0 aromatic rings. The molecule has 78 valence electrons. The zero-order valence-corrected chi connectivity index (χ0v) is 9.18. The molecule has 0 heterocycles. The van der Waals surface area contributed by atoms with Gasteiger partial charge in [0, 0.05) is 6.04 Å². The summed E-state index contributed by atoms with van der Waals surface area (Å²) in [5.41, 5.74) is 3.18. The van der Waals surface area contributed by atoms with Gasteiger partial charge in [0.25, 0.3) is 0 Å². The Balaban J connectivity index is 2.10. The summed E-state index contributed by atoms with van der Waals surface area (Å²) in [6, 6.07) is 0.477. The first-order chi connectivity index (χ1) is 6.24. The van der Waals surface area contributed by atoms with Crippen LogP contribution in [0.5, 0.6) is 0 Å². The highest BCUT2D eigenvalue weighted by Crippen LogP contribution is 2.20. The number of hydrogen-bond donors (Lipinski definition) is 1. The van der Waals surface area contributed by atoms with Crippen molar-refractivity contribution >= 4 is 0 Å². The summed E-state index contributed by atoms with van der Waals surface area (Å²) in [6.45, 7) is 6.68. The minimum absolute atomic E-state index is 0.477. The number of nitrogens with one attached hydrogen (secondary N) is 1. The van der Waals surface area contributed by atoms with Crippen LogP contribution in [0, 0.1) is 5.92 Å². The third-order valence-corrected chi connectivity index (χ3v) is 3.22. The smallest absolute Gasteiger partial charge is 0.0790 e. The number of hydroxylamine groups is 1. The van der Waals surface area contributed by atoms with Gasteiger partial charge in [-0.25, -0.2) is 0 Å². The Morgan fingerprint density at radius 2 is 1.92 bits per heavy atom. The lowest BCUT2D eigenvalue weighted by molar-refractivity contribution is -0.0459. The second kappa shape index (κ2) is 5.61. The zero-order chi connectivity index (χ0) is 9.68. The molecule has 0 saturated heterocycles. The van der Waals surface area contributed by atoms with E-state index in [9.17, 15) is 0 Å². The van der Waals surface area contributed by atoms with E-state index in [1.165, 1.54) is 32.1 Å². The molecule has 1 fully saturated rings. The molecule has 1 aliphatic carbocycles. The van der Waals surface area contributed by atoms with E-state index in [0.717, 1.165) is 0 Å². The average Bonchev–Trinajstić information content (AvgIpc) is 2.65. The normalized spacial score (nSPS) is 23.3. The van der Waals surface area contributed by atoms with Crippen LogP contribution in [0.1, 0.15) is 52.9 Å². The van der Waals surface area contributed by atoms with Crippen LogP contribution >= 0.6 is 0 Å². The molecule has 2 unspecified atom stereocenters. The molecule has 13 heavy (non-hydrogen) atoms. The summed E-state index contributed by atoms with van der Waals surface area (Å²) in [7, 11) is 0. The van der Waals surface area contributed by atoms with Gasteiger partial charge in [-0.1, -0.05) is 33.1 Å². The Labute approximate surface area is 82.0 Å². The quantitative estimate of drug-likeness (QED) is 0.665. The molecule has 1 rings (SSSR count). The summed E-state index contributed by atoms with van der Waals surface area (Å²) in [5, 5.41) is 0. The van der Waals surface area contributed by atoms with Crippen LogP contribution < -0.4 is 5.48 Å². The van der Waals surface area contributed by atoms with Gasteiger partial charge < -0.3 is 0 Å². The number of hydrogen-bond acceptors (Lipinski definition) is 2. The van der Waals surface area contributed by atoms with Crippen molar-refractivity contribution in [1.82, 2.24) is 5.48 Å². The summed E-state index contributed by atoms with van der Waals surface area (Å²) in [4.78, 5) is 5.64. The minimum Gasteiger partial charge on any atom is -0.298 e. The zero-order valence-electron chi connectivity index (χ0n) is 9.18. The minimum atomic E-state index is 0.477. The van der Waals surface area contributed by atoms with Gasteiger partial charge in [-0.15, -0.1) is 0 Å². The van der Waals surface area contributed by atoms with Crippen molar-refractivity contribution in [2.24, 2.45) is 5.92 Å². The Hall–Kier alpha value is -0.0800. The molecule has 0 amide bonds. The van der Waals surface area contributed by atoms with Crippen molar-refractivity contribution in [2.75, 3.05) is 0 Å². The molecule has 0 spiro atoms. The van der Waals surface area contributed by atoms with Crippen LogP contribution in [-0.2, 0) is 4.84 Å². The molecule has 2 nitrogen and oxygen atoms in total. The predicted molar refractivity (Wildman–Crippen MR) is 55.4 cm³/mol. The third-order valence-electron chi connectivity index (χ3n) is 3.22. The van der Waals surface area contributed by atoms with Crippen LogP contribution in [0.3, 0.4) is 0 Å². The van der Waals surface area contributed by atoms with E-state index < -0.39 is 0 Å². The topological polar surface area (TPSA) is 21.3 Å². The van der Waals surface area contributed by atoms with Gasteiger partial charge in [0.15, 0.2) is 0 Å². The molecule has 0 aliphatic heterocycles. The van der Waals surface area contributed by atoms with Crippen molar-refractivity contribution in [3.05, 3.63) is 0 Å². The van der Waals surface area contributed by atoms with Crippen LogP contribution in [-0.4, -0.2) is 12.1 Å². The second-order valence-corrected chi connectivity index (χ2v) is 4.32. The maximum Gasteiger partial charge on any atom is 0.0790 e. The van der Waals surface area contributed by atoms with E-state index in [2.05, 4.69) is 26.3 Å². The standard InChI is InChI=1S/C11H23NO/c1-4-9(2)10(3)12-13-11-7-5-6-8-11/h9-12H,4-8H2,1-3H3. The summed E-state index contributed by atoms with van der Waals surface area (Å²) in [5.74, 6) is 0.696. The fourth-order valence-corrected chi connectivity index (χ4v) is 1.68. The maximum atomic E-state index is 5.64. The van der Waals surface area contributed by atoms with Gasteiger partial charge >= 0.3 is 0 Å². The van der Waals surface area contributed by atoms with Crippen molar-refractivity contribution in [3.8, 4) is 0 Å². The monoisotopic (exact) mass is 185 g/mol. The largest absolute Gasteiger partial charge is 0.298 e. The molecular weight excluding hydrogens is 162 g/mol. The van der Waals surface area contributed by atoms with Crippen molar-refractivity contribution in [1.29, 1.82) is 0 Å². The molecule has 1 aliphatic rings. The predicted octanol–water partition coefficient (Wildman–Crippen LogP) is 2.88. The van der Waals surface area contributed by atoms with Crippen molar-refractivity contribution in [2.45, 2.75) is 65.0 Å². The molecular formula is C11H23NO. The second-order valence-electron chi connectivity index (χ2n) is 4.32. The van der Waals surface area contributed by atoms with Gasteiger partial charge in [-0.05, 0) is 25.7 Å². The summed E-state index contributed by atoms with van der Waals surface area (Å²) in [6.07, 6.45) is 6.84. The lowest BCUT2D eigenvalue weighted by atomic mass is 10.0. The average molecular weight is 185 g/mol. The number of rotatable bonds is 5. The van der Waals surface area contributed by atoms with Crippen LogP contribution in [0.15, 0.2) is 0 Å². The SMILES string of the molecule is CCC(C)C(C)NOC1CCCC1. The van der Waals surface area contributed by atoms with E-state index in [0.29, 0.717) is 18.1 Å². The van der Waals surface area contributed by atoms with Gasteiger partial charge in [-0.3, -0.25) is 4.84 Å². The fourth-order valence-electron chi connectivity index (χ4n) is 1.68. The lowest BCUT2D eigenvalue weighted by Crippen LogP contribution is -2.34. The van der Waals surface area contributed by atoms with E-state index in [-0.39, 0.29) is 0 Å². The summed E-state index contributed by atoms with van der Waals surface area (Å²) >= 11 is 0. The van der Waals surface area contributed by atoms with Crippen molar-refractivity contribution < 1.29 is 4.84 Å². The van der Waals surface area contributed by atoms with Crippen molar-refractivity contribution in [3.63, 3.8) is 0 Å². The first kappa shape index (κ1) is 11.0. The molecule has 0 aromatic carbocycles. The molecule has 0 aromatic heterocycles. The highest BCUT2D eigenvalue weighted by Gasteiger charge is 2.17. The Bertz CT molecular complexity index is 132. The summed E-state index contributed by atoms with van der Waals surface area (Å²) < 4.78 is 0. The van der Waals surface area contributed by atoms with Crippen LogP contribution in [0.25, 0.3) is 0 Å². The van der Waals surface area contributed by atoms with E-state index in [1.54, 1.807) is 0 Å². The first-order valence-electron chi connectivity index (χ1n) is 5.65. The molecule has 1 N–H and O–H groups in total. The lowest BCUT2D eigenvalue weighted by Gasteiger charge is -2.21. The first-order valence-corrected chi connectivity index (χ1v) is 5.65. The Kier molecular flexibility index (Phi) is 4.74. The maximum absolute atomic E-state index is 5.64. The Morgan fingerprint density at radius 3 is 2.46 bits per heavy atom. The third kappa shape index (κ3) is 3.65. The molecule has 0 bridgehead atoms. The highest BCUT2D eigenvalue weighted by molar-refractivity contribution is 4.68. The van der Waals surface area contributed by atoms with Gasteiger partial charge in [0.1, 0.15) is 0 Å². The highest BCUT2D eigenvalue weighted by atomic mass is 16.7. The fraction of sp³-hybridized carbons (Fsp3) is 1.00. The molecule has 2 heteroatoms. The van der Waals surface area contributed by atoms with E-state index in [4.69, 9.17) is 4.84 Å². The van der Waals surface area contributed by atoms with Gasteiger partial charge in [0.05, 0.1) is 6.10 Å². The van der Waals surface area contributed by atoms with E-state index >= 15 is 0 Å². The van der Waals surface area contributed by atoms with E-state index in [1.807, 2.05) is 0 Å².